The molecule has 6 heteroatoms. The van der Waals surface area contributed by atoms with Crippen LogP contribution < -0.4 is 0 Å². The molecule has 0 amide bonds. The number of halogens is 2. The summed E-state index contributed by atoms with van der Waals surface area (Å²) in [5, 5.41) is 8.80. The molecule has 0 aliphatic carbocycles. The van der Waals surface area contributed by atoms with Gasteiger partial charge in [0.25, 0.3) is 0 Å². The van der Waals surface area contributed by atoms with Crippen LogP contribution in [-0.2, 0) is 20.7 Å². The molecule has 4 nitrogen and oxygen atoms in total. The number of ether oxygens (including phenoxy) is 2. The van der Waals surface area contributed by atoms with Crippen LogP contribution in [0.4, 0.5) is 4.39 Å². The quantitative estimate of drug-likeness (QED) is 0.614. The maximum absolute atomic E-state index is 13.2. The molecule has 0 bridgehead atoms. The minimum atomic E-state index is -0.645. The Balaban J connectivity index is 2.16. The van der Waals surface area contributed by atoms with Gasteiger partial charge in [-0.25, -0.2) is 4.39 Å². The topological polar surface area (TPSA) is 55.8 Å². The molecule has 1 aromatic carbocycles. The summed E-state index contributed by atoms with van der Waals surface area (Å²) in [4.78, 5) is 12.5. The van der Waals surface area contributed by atoms with Gasteiger partial charge in [0.05, 0.1) is 12.0 Å². The van der Waals surface area contributed by atoms with Gasteiger partial charge in [-0.05, 0) is 37.0 Å². The van der Waals surface area contributed by atoms with Crippen molar-refractivity contribution in [2.45, 2.75) is 25.7 Å². The summed E-state index contributed by atoms with van der Waals surface area (Å²) in [6, 6.07) is 4.49. The molecular weight excluding hydrogens is 355 g/mol. The van der Waals surface area contributed by atoms with Gasteiger partial charge in [-0.15, -0.1) is 0 Å². The third kappa shape index (κ3) is 4.27. The summed E-state index contributed by atoms with van der Waals surface area (Å²) < 4.78 is 24.6. The second-order valence-electron chi connectivity index (χ2n) is 5.52. The van der Waals surface area contributed by atoms with Gasteiger partial charge in [0.1, 0.15) is 5.82 Å². The van der Waals surface area contributed by atoms with Crippen LogP contribution >= 0.6 is 15.9 Å². The minimum Gasteiger partial charge on any atom is -0.465 e. The van der Waals surface area contributed by atoms with Gasteiger partial charge in [-0.2, -0.15) is 0 Å². The van der Waals surface area contributed by atoms with E-state index < -0.39 is 5.41 Å². The molecule has 0 atom stereocenters. The summed E-state index contributed by atoms with van der Waals surface area (Å²) in [5.74, 6) is -0.581. The third-order valence-electron chi connectivity index (χ3n) is 3.96. The van der Waals surface area contributed by atoms with Crippen LogP contribution in [0.15, 0.2) is 22.7 Å². The van der Waals surface area contributed by atoms with Crippen molar-refractivity contribution >= 4 is 21.9 Å². The smallest absolute Gasteiger partial charge is 0.312 e. The molecule has 1 aliphatic rings. The van der Waals surface area contributed by atoms with Crippen molar-refractivity contribution in [3.05, 3.63) is 34.1 Å². The number of aliphatic hydroxyl groups is 1. The van der Waals surface area contributed by atoms with Crippen LogP contribution in [0.5, 0.6) is 0 Å². The lowest BCUT2D eigenvalue weighted by atomic mass is 9.75. The van der Waals surface area contributed by atoms with Crippen LogP contribution in [-0.4, -0.2) is 37.5 Å². The van der Waals surface area contributed by atoms with Crippen molar-refractivity contribution in [1.82, 2.24) is 0 Å². The maximum atomic E-state index is 13.2. The second kappa shape index (κ2) is 8.04. The summed E-state index contributed by atoms with van der Waals surface area (Å²) in [6.07, 6.45) is 2.07. The van der Waals surface area contributed by atoms with E-state index in [0.29, 0.717) is 43.4 Å². The first-order chi connectivity index (χ1) is 10.6. The molecule has 0 spiro atoms. The molecule has 1 aromatic rings. The molecule has 0 radical (unpaired) electrons. The van der Waals surface area contributed by atoms with Crippen molar-refractivity contribution in [2.75, 3.05) is 26.4 Å². The average molecular weight is 375 g/mol. The van der Waals surface area contributed by atoms with Gasteiger partial charge < -0.3 is 14.6 Å². The van der Waals surface area contributed by atoms with E-state index in [2.05, 4.69) is 15.9 Å². The molecule has 0 aromatic heterocycles. The van der Waals surface area contributed by atoms with Crippen LogP contribution in [0.2, 0.25) is 0 Å². The highest BCUT2D eigenvalue weighted by Crippen LogP contribution is 2.37. The fourth-order valence-electron chi connectivity index (χ4n) is 2.63. The van der Waals surface area contributed by atoms with E-state index in [1.165, 1.54) is 12.1 Å². The van der Waals surface area contributed by atoms with E-state index in [0.717, 1.165) is 5.56 Å². The van der Waals surface area contributed by atoms with E-state index in [1.807, 2.05) is 0 Å². The minimum absolute atomic E-state index is 0.00704. The van der Waals surface area contributed by atoms with Gasteiger partial charge in [-0.1, -0.05) is 22.0 Å². The highest BCUT2D eigenvalue weighted by Gasteiger charge is 2.42. The van der Waals surface area contributed by atoms with Gasteiger partial charge >= 0.3 is 5.97 Å². The zero-order valence-electron chi connectivity index (χ0n) is 12.3. The zero-order valence-corrected chi connectivity index (χ0v) is 13.9. The van der Waals surface area contributed by atoms with Gasteiger partial charge in [0.2, 0.25) is 0 Å². The molecule has 1 N–H and O–H groups in total. The predicted molar refractivity (Wildman–Crippen MR) is 83.0 cm³/mol. The zero-order chi connectivity index (χ0) is 16.0. The number of benzene rings is 1. The van der Waals surface area contributed by atoms with E-state index in [-0.39, 0.29) is 25.0 Å². The Morgan fingerprint density at radius 3 is 2.77 bits per heavy atom. The van der Waals surface area contributed by atoms with Crippen LogP contribution in [0, 0.1) is 11.2 Å². The maximum Gasteiger partial charge on any atom is 0.312 e. The Kier molecular flexibility index (Phi) is 6.35. The van der Waals surface area contributed by atoms with Crippen molar-refractivity contribution in [3.63, 3.8) is 0 Å². The molecule has 1 saturated heterocycles. The monoisotopic (exact) mass is 374 g/mol. The van der Waals surface area contributed by atoms with Crippen LogP contribution in [0.1, 0.15) is 24.8 Å². The largest absolute Gasteiger partial charge is 0.465 e. The fourth-order valence-corrected chi connectivity index (χ4v) is 3.12. The fraction of sp³-hybridized carbons (Fsp3) is 0.562. The van der Waals surface area contributed by atoms with Crippen LogP contribution in [0.3, 0.4) is 0 Å². The lowest BCUT2D eigenvalue weighted by Crippen LogP contribution is -2.40. The van der Waals surface area contributed by atoms with E-state index in [4.69, 9.17) is 14.6 Å². The average Bonchev–Trinajstić information content (AvgIpc) is 2.51. The first-order valence-corrected chi connectivity index (χ1v) is 8.16. The molecule has 1 fully saturated rings. The van der Waals surface area contributed by atoms with Crippen molar-refractivity contribution in [2.24, 2.45) is 5.41 Å². The second-order valence-corrected chi connectivity index (χ2v) is 6.37. The Bertz CT molecular complexity index is 515. The Labute approximate surface area is 137 Å². The molecule has 22 heavy (non-hydrogen) atoms. The Morgan fingerprint density at radius 1 is 1.41 bits per heavy atom. The standard InChI is InChI=1S/C16H20BrFO4/c17-14-10-13(18)3-2-12(14)11-16(4-8-21-9-5-16)15(20)22-7-1-6-19/h2-3,10,19H,1,4-9,11H2. The lowest BCUT2D eigenvalue weighted by molar-refractivity contribution is -0.162. The molecule has 0 saturated carbocycles. The number of carbonyl (C=O) groups excluding carboxylic acids is 1. The van der Waals surface area contributed by atoms with Crippen molar-refractivity contribution in [1.29, 1.82) is 0 Å². The Hall–Kier alpha value is -0.980. The van der Waals surface area contributed by atoms with Crippen molar-refractivity contribution in [3.8, 4) is 0 Å². The SMILES string of the molecule is O=C(OCCCO)C1(Cc2ccc(F)cc2Br)CCOCC1. The first kappa shape index (κ1) is 17.4. The Morgan fingerprint density at radius 2 is 2.14 bits per heavy atom. The normalized spacial score (nSPS) is 17.2. The van der Waals surface area contributed by atoms with E-state index >= 15 is 0 Å². The van der Waals surface area contributed by atoms with Gasteiger partial charge in [-0.3, -0.25) is 4.79 Å². The predicted octanol–water partition coefficient (Wildman–Crippen LogP) is 2.85. The lowest BCUT2D eigenvalue weighted by Gasteiger charge is -2.35. The van der Waals surface area contributed by atoms with E-state index in [9.17, 15) is 9.18 Å². The summed E-state index contributed by atoms with van der Waals surface area (Å²) in [5.41, 5.74) is 0.232. The molecular formula is C16H20BrFO4. The van der Waals surface area contributed by atoms with Gasteiger partial charge in [0.15, 0.2) is 0 Å². The molecule has 2 rings (SSSR count). The number of esters is 1. The summed E-state index contributed by atoms with van der Waals surface area (Å²) in [7, 11) is 0. The highest BCUT2D eigenvalue weighted by molar-refractivity contribution is 9.10. The first-order valence-electron chi connectivity index (χ1n) is 7.37. The number of rotatable bonds is 6. The van der Waals surface area contributed by atoms with Crippen LogP contribution in [0.25, 0.3) is 0 Å². The molecule has 122 valence electrons. The summed E-state index contributed by atoms with van der Waals surface area (Å²) in [6.45, 7) is 1.22. The third-order valence-corrected chi connectivity index (χ3v) is 4.70. The number of carbonyl (C=O) groups is 1. The molecule has 1 aliphatic heterocycles. The van der Waals surface area contributed by atoms with Crippen molar-refractivity contribution < 1.29 is 23.8 Å². The number of hydrogen-bond acceptors (Lipinski definition) is 4. The summed E-state index contributed by atoms with van der Waals surface area (Å²) >= 11 is 3.35. The molecule has 0 unspecified atom stereocenters. The van der Waals surface area contributed by atoms with Gasteiger partial charge in [0, 0.05) is 30.7 Å². The number of hydrogen-bond donors (Lipinski definition) is 1. The molecule has 1 heterocycles. The highest BCUT2D eigenvalue weighted by atomic mass is 79.9. The van der Waals surface area contributed by atoms with E-state index in [1.54, 1.807) is 6.07 Å². The number of aliphatic hydroxyl groups excluding tert-OH is 1.